The largest absolute Gasteiger partial charge is 0.496 e. The molecule has 0 aliphatic rings. The van der Waals surface area contributed by atoms with Gasteiger partial charge in [0.05, 0.1) is 7.11 Å². The van der Waals surface area contributed by atoms with Crippen molar-refractivity contribution >= 4 is 17.5 Å². The minimum atomic E-state index is -0.0718. The van der Waals surface area contributed by atoms with Crippen molar-refractivity contribution in [1.29, 1.82) is 0 Å². The molecule has 138 valence electrons. The zero-order valence-electron chi connectivity index (χ0n) is 15.6. The average Bonchev–Trinajstić information content (AvgIpc) is 2.62. The van der Waals surface area contributed by atoms with E-state index in [1.54, 1.807) is 12.0 Å². The molecule has 0 fully saturated rings. The molecule has 0 aliphatic carbocycles. The molecule has 0 bridgehead atoms. The van der Waals surface area contributed by atoms with Crippen LogP contribution in [0.25, 0.3) is 0 Å². The van der Waals surface area contributed by atoms with Crippen LogP contribution in [-0.2, 0) is 16.0 Å². The number of aryl methyl sites for hydroxylation is 1. The first-order chi connectivity index (χ1) is 12.5. The Hall–Kier alpha value is -2.82. The predicted molar refractivity (Wildman–Crippen MR) is 104 cm³/mol. The lowest BCUT2D eigenvalue weighted by Crippen LogP contribution is -2.34. The SMILES string of the molecule is COc1ccccc1CCNC(=O)CCN(C(C)=O)c1cccc(C)c1. The predicted octanol–water partition coefficient (Wildman–Crippen LogP) is 3.11. The van der Waals surface area contributed by atoms with Gasteiger partial charge in [0.1, 0.15) is 5.75 Å². The van der Waals surface area contributed by atoms with Gasteiger partial charge >= 0.3 is 0 Å². The van der Waals surface area contributed by atoms with Crippen molar-refractivity contribution < 1.29 is 14.3 Å². The standard InChI is InChI=1S/C21H26N2O3/c1-16-7-6-9-19(15-16)23(17(2)24)14-12-21(25)22-13-11-18-8-4-5-10-20(18)26-3/h4-10,15H,11-14H2,1-3H3,(H,22,25). The second kappa shape index (κ2) is 9.61. The summed E-state index contributed by atoms with van der Waals surface area (Å²) in [5, 5.41) is 2.91. The summed E-state index contributed by atoms with van der Waals surface area (Å²) in [6, 6.07) is 15.5. The summed E-state index contributed by atoms with van der Waals surface area (Å²) in [6.45, 7) is 4.39. The maximum atomic E-state index is 12.1. The topological polar surface area (TPSA) is 58.6 Å². The number of hydrogen-bond acceptors (Lipinski definition) is 3. The number of nitrogens with one attached hydrogen (secondary N) is 1. The average molecular weight is 354 g/mol. The Morgan fingerprint density at radius 1 is 1.12 bits per heavy atom. The lowest BCUT2D eigenvalue weighted by atomic mass is 10.1. The van der Waals surface area contributed by atoms with Crippen LogP contribution < -0.4 is 15.0 Å². The van der Waals surface area contributed by atoms with Gasteiger partial charge in [-0.05, 0) is 42.7 Å². The fraction of sp³-hybridized carbons (Fsp3) is 0.333. The molecule has 2 aromatic carbocycles. The molecule has 0 atom stereocenters. The molecule has 2 aromatic rings. The normalized spacial score (nSPS) is 10.3. The molecular weight excluding hydrogens is 328 g/mol. The van der Waals surface area contributed by atoms with Gasteiger partial charge in [0, 0.05) is 32.1 Å². The third-order valence-corrected chi connectivity index (χ3v) is 4.16. The Kier molecular flexibility index (Phi) is 7.21. The molecule has 0 unspecified atom stereocenters. The number of carbonyl (C=O) groups excluding carboxylic acids is 2. The number of hydrogen-bond donors (Lipinski definition) is 1. The Morgan fingerprint density at radius 2 is 1.88 bits per heavy atom. The molecule has 2 amide bonds. The fourth-order valence-corrected chi connectivity index (χ4v) is 2.81. The van der Waals surface area contributed by atoms with Crippen LogP contribution >= 0.6 is 0 Å². The number of ether oxygens (including phenoxy) is 1. The smallest absolute Gasteiger partial charge is 0.223 e. The molecule has 0 spiro atoms. The van der Waals surface area contributed by atoms with E-state index in [4.69, 9.17) is 4.74 Å². The summed E-state index contributed by atoms with van der Waals surface area (Å²) < 4.78 is 5.31. The Balaban J connectivity index is 1.84. The van der Waals surface area contributed by atoms with E-state index in [1.807, 2.05) is 55.5 Å². The van der Waals surface area contributed by atoms with Gasteiger partial charge in [-0.25, -0.2) is 0 Å². The van der Waals surface area contributed by atoms with E-state index in [1.165, 1.54) is 6.92 Å². The van der Waals surface area contributed by atoms with E-state index in [2.05, 4.69) is 5.32 Å². The Bertz CT molecular complexity index is 758. The van der Waals surface area contributed by atoms with Crippen molar-refractivity contribution in [2.45, 2.75) is 26.7 Å². The summed E-state index contributed by atoms with van der Waals surface area (Å²) >= 11 is 0. The minimum Gasteiger partial charge on any atom is -0.496 e. The highest BCUT2D eigenvalue weighted by molar-refractivity contribution is 5.92. The molecule has 0 heterocycles. The van der Waals surface area contributed by atoms with Crippen LogP contribution in [0.2, 0.25) is 0 Å². The number of nitrogens with zero attached hydrogens (tertiary/aromatic N) is 1. The van der Waals surface area contributed by atoms with Gasteiger partial charge in [0.2, 0.25) is 11.8 Å². The van der Waals surface area contributed by atoms with Crippen LogP contribution in [0.1, 0.15) is 24.5 Å². The van der Waals surface area contributed by atoms with Crippen LogP contribution in [0.15, 0.2) is 48.5 Å². The maximum Gasteiger partial charge on any atom is 0.223 e. The van der Waals surface area contributed by atoms with Crippen LogP contribution in [0.4, 0.5) is 5.69 Å². The van der Waals surface area contributed by atoms with Crippen LogP contribution in [0.5, 0.6) is 5.75 Å². The van der Waals surface area contributed by atoms with Crippen molar-refractivity contribution in [3.63, 3.8) is 0 Å². The van der Waals surface area contributed by atoms with E-state index in [-0.39, 0.29) is 18.2 Å². The zero-order chi connectivity index (χ0) is 18.9. The second-order valence-electron chi connectivity index (χ2n) is 6.17. The first-order valence-corrected chi connectivity index (χ1v) is 8.74. The molecule has 5 nitrogen and oxygen atoms in total. The molecule has 5 heteroatoms. The van der Waals surface area contributed by atoms with Crippen LogP contribution in [-0.4, -0.2) is 32.0 Å². The second-order valence-corrected chi connectivity index (χ2v) is 6.17. The third-order valence-electron chi connectivity index (χ3n) is 4.16. The third kappa shape index (κ3) is 5.62. The number of amides is 2. The molecular formula is C21H26N2O3. The minimum absolute atomic E-state index is 0.0706. The Labute approximate surface area is 155 Å². The van der Waals surface area contributed by atoms with Gasteiger partial charge in [-0.2, -0.15) is 0 Å². The van der Waals surface area contributed by atoms with E-state index >= 15 is 0 Å². The monoisotopic (exact) mass is 354 g/mol. The van der Waals surface area contributed by atoms with Gasteiger partial charge in [-0.3, -0.25) is 9.59 Å². The van der Waals surface area contributed by atoms with Gasteiger partial charge in [0.15, 0.2) is 0 Å². The van der Waals surface area contributed by atoms with Crippen LogP contribution in [0, 0.1) is 6.92 Å². The number of benzene rings is 2. The summed E-state index contributed by atoms with van der Waals surface area (Å²) in [5.41, 5.74) is 2.95. The molecule has 0 aliphatic heterocycles. The molecule has 0 aromatic heterocycles. The van der Waals surface area contributed by atoms with E-state index in [9.17, 15) is 9.59 Å². The number of anilines is 1. The van der Waals surface area contributed by atoms with Crippen molar-refractivity contribution in [2.24, 2.45) is 0 Å². The van der Waals surface area contributed by atoms with Crippen molar-refractivity contribution in [1.82, 2.24) is 5.32 Å². The molecule has 2 rings (SSSR count). The fourth-order valence-electron chi connectivity index (χ4n) is 2.81. The van der Waals surface area contributed by atoms with Gasteiger partial charge in [-0.1, -0.05) is 30.3 Å². The van der Waals surface area contributed by atoms with E-state index in [0.29, 0.717) is 19.5 Å². The van der Waals surface area contributed by atoms with Crippen molar-refractivity contribution in [2.75, 3.05) is 25.1 Å². The molecule has 26 heavy (non-hydrogen) atoms. The highest BCUT2D eigenvalue weighted by Gasteiger charge is 2.13. The highest BCUT2D eigenvalue weighted by atomic mass is 16.5. The zero-order valence-corrected chi connectivity index (χ0v) is 15.6. The van der Waals surface area contributed by atoms with Gasteiger partial charge in [0.25, 0.3) is 0 Å². The molecule has 0 saturated heterocycles. The number of rotatable bonds is 8. The lowest BCUT2D eigenvalue weighted by Gasteiger charge is -2.21. The quantitative estimate of drug-likeness (QED) is 0.792. The van der Waals surface area contributed by atoms with Gasteiger partial charge < -0.3 is 15.0 Å². The Morgan fingerprint density at radius 3 is 2.58 bits per heavy atom. The summed E-state index contributed by atoms with van der Waals surface area (Å²) in [7, 11) is 1.64. The van der Waals surface area contributed by atoms with E-state index in [0.717, 1.165) is 22.6 Å². The van der Waals surface area contributed by atoms with Crippen molar-refractivity contribution in [3.05, 3.63) is 59.7 Å². The molecule has 1 N–H and O–H groups in total. The summed E-state index contributed by atoms with van der Waals surface area (Å²) in [4.78, 5) is 25.7. The maximum absolute atomic E-state index is 12.1. The lowest BCUT2D eigenvalue weighted by molar-refractivity contribution is -0.121. The number of para-hydroxylation sites is 1. The highest BCUT2D eigenvalue weighted by Crippen LogP contribution is 2.18. The first kappa shape index (κ1) is 19.5. The first-order valence-electron chi connectivity index (χ1n) is 8.74. The number of carbonyl (C=O) groups is 2. The molecule has 0 saturated carbocycles. The van der Waals surface area contributed by atoms with Gasteiger partial charge in [-0.15, -0.1) is 0 Å². The van der Waals surface area contributed by atoms with Crippen molar-refractivity contribution in [3.8, 4) is 5.75 Å². The number of methoxy groups -OCH3 is 1. The summed E-state index contributed by atoms with van der Waals surface area (Å²) in [5.74, 6) is 0.681. The van der Waals surface area contributed by atoms with Crippen LogP contribution in [0.3, 0.4) is 0 Å². The van der Waals surface area contributed by atoms with E-state index < -0.39 is 0 Å². The molecule has 0 radical (unpaired) electrons. The summed E-state index contributed by atoms with van der Waals surface area (Å²) in [6.07, 6.45) is 0.962.